The number of pyridine rings is 1. The predicted molar refractivity (Wildman–Crippen MR) is 94.8 cm³/mol. The number of nitrogens with one attached hydrogen (secondary N) is 2. The van der Waals surface area contributed by atoms with E-state index in [9.17, 15) is 9.59 Å². The van der Waals surface area contributed by atoms with Crippen molar-refractivity contribution >= 4 is 11.8 Å². The Morgan fingerprint density at radius 1 is 1.12 bits per heavy atom. The summed E-state index contributed by atoms with van der Waals surface area (Å²) in [5, 5.41) is 5.71. The maximum Gasteiger partial charge on any atom is 0.251 e. The van der Waals surface area contributed by atoms with Crippen molar-refractivity contribution in [2.75, 3.05) is 20.1 Å². The zero-order chi connectivity index (χ0) is 17.6. The molecular formula is C19H22N4O2. The third-order valence-corrected chi connectivity index (χ3v) is 4.49. The van der Waals surface area contributed by atoms with Gasteiger partial charge in [-0.3, -0.25) is 19.5 Å². The summed E-state index contributed by atoms with van der Waals surface area (Å²) in [5.41, 5.74) is 1.74. The average Bonchev–Trinajstić information content (AvgIpc) is 3.04. The zero-order valence-corrected chi connectivity index (χ0v) is 14.2. The van der Waals surface area contributed by atoms with Crippen molar-refractivity contribution in [2.45, 2.75) is 12.6 Å². The quantitative estimate of drug-likeness (QED) is 0.855. The number of amides is 2. The number of nitrogens with zero attached hydrogens (tertiary/aromatic N) is 2. The van der Waals surface area contributed by atoms with Gasteiger partial charge in [-0.1, -0.05) is 30.3 Å². The van der Waals surface area contributed by atoms with Gasteiger partial charge >= 0.3 is 0 Å². The number of hydrogen-bond donors (Lipinski definition) is 2. The second-order valence-corrected chi connectivity index (χ2v) is 6.22. The largest absolute Gasteiger partial charge is 0.359 e. The summed E-state index contributed by atoms with van der Waals surface area (Å²) in [4.78, 5) is 30.8. The molecule has 0 bridgehead atoms. The maximum absolute atomic E-state index is 12.4. The molecule has 6 nitrogen and oxygen atoms in total. The van der Waals surface area contributed by atoms with E-state index in [1.165, 1.54) is 5.56 Å². The lowest BCUT2D eigenvalue weighted by molar-refractivity contribution is -0.124. The first-order valence-electron chi connectivity index (χ1n) is 8.36. The molecule has 1 saturated heterocycles. The summed E-state index contributed by atoms with van der Waals surface area (Å²) in [5.74, 6) is -0.488. The van der Waals surface area contributed by atoms with Crippen LogP contribution in [0.2, 0.25) is 0 Å². The molecule has 1 aliphatic heterocycles. The fraction of sp³-hybridized carbons (Fsp3) is 0.316. The number of hydrogen-bond acceptors (Lipinski definition) is 4. The molecule has 0 unspecified atom stereocenters. The van der Waals surface area contributed by atoms with Gasteiger partial charge in [-0.05, 0) is 17.7 Å². The van der Waals surface area contributed by atoms with Crippen LogP contribution in [0.5, 0.6) is 0 Å². The SMILES string of the molecule is CNC(=O)[C@H]1CN(Cc2ccccc2)C[C@@H]1NC(=O)c1ccncc1. The van der Waals surface area contributed by atoms with Crippen molar-refractivity contribution in [3.8, 4) is 0 Å². The Kier molecular flexibility index (Phi) is 5.40. The zero-order valence-electron chi connectivity index (χ0n) is 14.2. The highest BCUT2D eigenvalue weighted by molar-refractivity contribution is 5.94. The molecule has 6 heteroatoms. The first kappa shape index (κ1) is 17.1. The van der Waals surface area contributed by atoms with Crippen molar-refractivity contribution in [2.24, 2.45) is 5.92 Å². The fourth-order valence-electron chi connectivity index (χ4n) is 3.21. The van der Waals surface area contributed by atoms with Crippen LogP contribution in [0.3, 0.4) is 0 Å². The van der Waals surface area contributed by atoms with Gasteiger partial charge in [0.05, 0.1) is 12.0 Å². The van der Waals surface area contributed by atoms with E-state index in [2.05, 4.69) is 32.7 Å². The second kappa shape index (κ2) is 7.90. The molecule has 0 aliphatic carbocycles. The Labute approximate surface area is 147 Å². The Bertz CT molecular complexity index is 721. The fourth-order valence-corrected chi connectivity index (χ4v) is 3.21. The van der Waals surface area contributed by atoms with Gasteiger partial charge in [-0.2, -0.15) is 0 Å². The van der Waals surface area contributed by atoms with Gasteiger partial charge in [0, 0.05) is 44.6 Å². The molecule has 0 saturated carbocycles. The smallest absolute Gasteiger partial charge is 0.251 e. The molecule has 130 valence electrons. The highest BCUT2D eigenvalue weighted by Gasteiger charge is 2.38. The van der Waals surface area contributed by atoms with Crippen molar-refractivity contribution in [3.63, 3.8) is 0 Å². The molecule has 1 aromatic carbocycles. The minimum Gasteiger partial charge on any atom is -0.359 e. The van der Waals surface area contributed by atoms with Gasteiger partial charge in [0.2, 0.25) is 5.91 Å². The van der Waals surface area contributed by atoms with Gasteiger partial charge < -0.3 is 10.6 Å². The van der Waals surface area contributed by atoms with Crippen LogP contribution in [0.1, 0.15) is 15.9 Å². The van der Waals surface area contributed by atoms with Crippen LogP contribution < -0.4 is 10.6 Å². The van der Waals surface area contributed by atoms with E-state index in [1.807, 2.05) is 18.2 Å². The molecule has 2 N–H and O–H groups in total. The van der Waals surface area contributed by atoms with Crippen LogP contribution in [0, 0.1) is 5.92 Å². The molecule has 2 atom stereocenters. The molecule has 0 radical (unpaired) electrons. The predicted octanol–water partition coefficient (Wildman–Crippen LogP) is 1.06. The Balaban J connectivity index is 1.69. The van der Waals surface area contributed by atoms with E-state index < -0.39 is 0 Å². The van der Waals surface area contributed by atoms with Gasteiger partial charge in [-0.15, -0.1) is 0 Å². The normalized spacial score (nSPS) is 20.2. The summed E-state index contributed by atoms with van der Waals surface area (Å²) >= 11 is 0. The van der Waals surface area contributed by atoms with E-state index in [1.54, 1.807) is 31.6 Å². The summed E-state index contributed by atoms with van der Waals surface area (Å²) in [7, 11) is 1.63. The van der Waals surface area contributed by atoms with E-state index in [4.69, 9.17) is 0 Å². The Morgan fingerprint density at radius 3 is 2.52 bits per heavy atom. The summed E-state index contributed by atoms with van der Waals surface area (Å²) < 4.78 is 0. The standard InChI is InChI=1S/C19H22N4O2/c1-20-19(25)16-12-23(11-14-5-3-2-4-6-14)13-17(16)22-18(24)15-7-9-21-10-8-15/h2-10,16-17H,11-13H2,1H3,(H,20,25)(H,22,24)/t16-,17-/m0/s1. The van der Waals surface area contributed by atoms with Crippen molar-refractivity contribution in [1.29, 1.82) is 0 Å². The van der Waals surface area contributed by atoms with E-state index in [0.717, 1.165) is 6.54 Å². The Morgan fingerprint density at radius 2 is 1.84 bits per heavy atom. The average molecular weight is 338 g/mol. The molecule has 1 aliphatic rings. The highest BCUT2D eigenvalue weighted by Crippen LogP contribution is 2.20. The van der Waals surface area contributed by atoms with Gasteiger partial charge in [0.1, 0.15) is 0 Å². The van der Waals surface area contributed by atoms with Crippen molar-refractivity contribution < 1.29 is 9.59 Å². The minimum absolute atomic E-state index is 0.0457. The Hall–Kier alpha value is -2.73. The van der Waals surface area contributed by atoms with Crippen LogP contribution in [-0.2, 0) is 11.3 Å². The lowest BCUT2D eigenvalue weighted by atomic mass is 10.0. The van der Waals surface area contributed by atoms with E-state index >= 15 is 0 Å². The molecule has 1 aromatic heterocycles. The van der Waals surface area contributed by atoms with Gasteiger partial charge in [0.25, 0.3) is 5.91 Å². The third kappa shape index (κ3) is 4.22. The number of carbonyl (C=O) groups excluding carboxylic acids is 2. The monoisotopic (exact) mass is 338 g/mol. The van der Waals surface area contributed by atoms with Gasteiger partial charge in [-0.25, -0.2) is 0 Å². The van der Waals surface area contributed by atoms with Crippen LogP contribution in [0.4, 0.5) is 0 Å². The number of rotatable bonds is 5. The first-order valence-corrected chi connectivity index (χ1v) is 8.36. The molecular weight excluding hydrogens is 316 g/mol. The summed E-state index contributed by atoms with van der Waals surface area (Å²) in [6.07, 6.45) is 3.17. The lowest BCUT2D eigenvalue weighted by Gasteiger charge is -2.18. The van der Waals surface area contributed by atoms with Crippen molar-refractivity contribution in [1.82, 2.24) is 20.5 Å². The van der Waals surface area contributed by atoms with Crippen LogP contribution >= 0.6 is 0 Å². The summed E-state index contributed by atoms with van der Waals surface area (Å²) in [6, 6.07) is 13.2. The van der Waals surface area contributed by atoms with E-state index in [0.29, 0.717) is 18.7 Å². The topological polar surface area (TPSA) is 74.3 Å². The molecule has 1 fully saturated rings. The first-order chi connectivity index (χ1) is 12.2. The highest BCUT2D eigenvalue weighted by atomic mass is 16.2. The molecule has 2 aromatic rings. The molecule has 25 heavy (non-hydrogen) atoms. The van der Waals surface area contributed by atoms with Crippen LogP contribution in [0.15, 0.2) is 54.9 Å². The maximum atomic E-state index is 12.4. The second-order valence-electron chi connectivity index (χ2n) is 6.22. The number of likely N-dealkylation sites (tertiary alicyclic amines) is 1. The number of aromatic nitrogens is 1. The van der Waals surface area contributed by atoms with Crippen molar-refractivity contribution in [3.05, 3.63) is 66.0 Å². The number of benzene rings is 1. The van der Waals surface area contributed by atoms with Crippen LogP contribution in [0.25, 0.3) is 0 Å². The van der Waals surface area contributed by atoms with Gasteiger partial charge in [0.15, 0.2) is 0 Å². The molecule has 3 rings (SSSR count). The summed E-state index contributed by atoms with van der Waals surface area (Å²) in [6.45, 7) is 2.02. The minimum atomic E-state index is -0.264. The molecule has 2 heterocycles. The molecule has 0 spiro atoms. The third-order valence-electron chi connectivity index (χ3n) is 4.49. The van der Waals surface area contributed by atoms with Crippen LogP contribution in [-0.4, -0.2) is 47.9 Å². The lowest BCUT2D eigenvalue weighted by Crippen LogP contribution is -2.45. The molecule has 2 amide bonds. The van der Waals surface area contributed by atoms with E-state index in [-0.39, 0.29) is 23.8 Å². The number of carbonyl (C=O) groups is 2.